The summed E-state index contributed by atoms with van der Waals surface area (Å²) >= 11 is 0. The number of pyridine rings is 1. The Balaban J connectivity index is 1.08. The van der Waals surface area contributed by atoms with Gasteiger partial charge in [-0.15, -0.1) is 0 Å². The zero-order valence-corrected chi connectivity index (χ0v) is 22.9. The molecule has 0 radical (unpaired) electrons. The van der Waals surface area contributed by atoms with E-state index in [9.17, 15) is 10.0 Å². The normalized spacial score (nSPS) is 26.3. The first-order valence-electron chi connectivity index (χ1n) is 13.8. The number of rotatable bonds is 5. The molecule has 0 bridgehead atoms. The number of nitrogens with zero attached hydrogens (tertiary/aromatic N) is 3. The number of benzene rings is 2. The molecule has 4 heterocycles. The highest BCUT2D eigenvalue weighted by Crippen LogP contribution is 2.51. The van der Waals surface area contributed by atoms with Gasteiger partial charge >= 0.3 is 6.03 Å². The quantitative estimate of drug-likeness (QED) is 0.314. The van der Waals surface area contributed by atoms with Crippen LogP contribution in [0.15, 0.2) is 66.9 Å². The third-order valence-corrected chi connectivity index (χ3v) is 8.44. The van der Waals surface area contributed by atoms with Crippen molar-refractivity contribution in [2.75, 3.05) is 30.3 Å². The van der Waals surface area contributed by atoms with Gasteiger partial charge in [-0.25, -0.2) is 9.78 Å². The Morgan fingerprint density at radius 2 is 1.95 bits per heavy atom. The van der Waals surface area contributed by atoms with Crippen molar-refractivity contribution in [3.63, 3.8) is 0 Å². The summed E-state index contributed by atoms with van der Waals surface area (Å²) in [6, 6.07) is 19.7. The third kappa shape index (κ3) is 5.17. The predicted molar refractivity (Wildman–Crippen MR) is 152 cm³/mol. The summed E-state index contributed by atoms with van der Waals surface area (Å²) in [5, 5.41) is 19.6. The van der Waals surface area contributed by atoms with Gasteiger partial charge in [0.1, 0.15) is 25.0 Å². The zero-order valence-electron chi connectivity index (χ0n) is 22.9. The molecule has 2 N–H and O–H groups in total. The van der Waals surface area contributed by atoms with Gasteiger partial charge < -0.3 is 19.9 Å². The summed E-state index contributed by atoms with van der Waals surface area (Å²) in [5.74, 6) is 0.931. The van der Waals surface area contributed by atoms with Gasteiger partial charge in [0, 0.05) is 41.5 Å². The van der Waals surface area contributed by atoms with Gasteiger partial charge in [0.25, 0.3) is 0 Å². The number of aromatic nitrogens is 1. The number of hydrogen-bond donors (Lipinski definition) is 2. The van der Waals surface area contributed by atoms with Gasteiger partial charge in [0.2, 0.25) is 6.23 Å². The molecule has 2 aromatic carbocycles. The van der Waals surface area contributed by atoms with Gasteiger partial charge in [0.15, 0.2) is 0 Å². The second-order valence-electron chi connectivity index (χ2n) is 12.3. The van der Waals surface area contributed by atoms with Crippen LogP contribution >= 0.6 is 0 Å². The van der Waals surface area contributed by atoms with E-state index in [2.05, 4.69) is 65.6 Å². The van der Waals surface area contributed by atoms with Crippen molar-refractivity contribution in [1.29, 1.82) is 0 Å². The highest BCUT2D eigenvalue weighted by molar-refractivity contribution is 5.99. The fraction of sp³-hybridized carbons (Fsp3) is 0.419. The number of anilines is 2. The average molecular weight is 528 g/mol. The summed E-state index contributed by atoms with van der Waals surface area (Å²) in [4.78, 5) is 19.7. The maximum Gasteiger partial charge on any atom is 0.324 e. The lowest BCUT2D eigenvalue weighted by atomic mass is 9.86. The Labute approximate surface area is 230 Å². The molecule has 0 aliphatic carbocycles. The number of fused-ring (bicyclic) bond motifs is 3. The van der Waals surface area contributed by atoms with E-state index in [1.807, 2.05) is 36.4 Å². The Bertz CT molecular complexity index is 1360. The molecule has 0 saturated carbocycles. The molecule has 3 aromatic rings. The number of hydrogen-bond acceptors (Lipinski definition) is 5. The second kappa shape index (κ2) is 10.0. The van der Waals surface area contributed by atoms with Crippen molar-refractivity contribution in [1.82, 2.24) is 9.88 Å². The van der Waals surface area contributed by atoms with E-state index in [0.717, 1.165) is 37.2 Å². The fourth-order valence-corrected chi connectivity index (χ4v) is 6.47. The van der Waals surface area contributed by atoms with Crippen molar-refractivity contribution >= 4 is 17.5 Å². The van der Waals surface area contributed by atoms with Crippen LogP contribution in [0.2, 0.25) is 0 Å². The lowest BCUT2D eigenvalue weighted by Gasteiger charge is -2.47. The minimum absolute atomic E-state index is 0.127. The maximum atomic E-state index is 13.8. The Kier molecular flexibility index (Phi) is 6.67. The molecule has 1 aromatic heterocycles. The largest absolute Gasteiger partial charge is 0.630 e. The summed E-state index contributed by atoms with van der Waals surface area (Å²) in [7, 11) is 0. The number of nitrogens with one attached hydrogen (secondary N) is 2. The topological polar surface area (TPSA) is 89.6 Å². The summed E-state index contributed by atoms with van der Waals surface area (Å²) < 4.78 is 5.64. The molecule has 2 saturated heterocycles. The molecule has 2 amide bonds. The lowest BCUT2D eigenvalue weighted by Crippen LogP contribution is -2.51. The van der Waals surface area contributed by atoms with Crippen LogP contribution in [0.4, 0.5) is 16.3 Å². The number of urea groups is 1. The molecule has 8 heteroatoms. The minimum atomic E-state index is -0.541. The standard InChI is InChI=1S/C31H37N5O3/c1-31(2,3)27-20-39-29-26-16-25(10-9-24(26)19-36(27,29)38)33-30(37)34-28-15-22(11-13-32-28)23-12-14-35(18-23)17-21-7-5-4-6-8-21/h4-11,13,15-16,23,27,29H,12,14,17-20H2,1-3H3,(H2,32,33,34,37). The smallest absolute Gasteiger partial charge is 0.324 e. The van der Waals surface area contributed by atoms with Crippen LogP contribution < -0.4 is 10.6 Å². The average Bonchev–Trinajstić information content (AvgIpc) is 3.56. The SMILES string of the molecule is CC(C)(C)C1COC2c3cc(NC(=O)Nc4cc(C5CCN(Cc6ccccc6)C5)ccn4)ccc3C[N+]21[O-]. The summed E-state index contributed by atoms with van der Waals surface area (Å²) in [5.41, 5.74) is 4.85. The van der Waals surface area contributed by atoms with Crippen LogP contribution in [0.25, 0.3) is 0 Å². The summed E-state index contributed by atoms with van der Waals surface area (Å²) in [6.07, 6.45) is 2.30. The molecule has 4 atom stereocenters. The van der Waals surface area contributed by atoms with Gasteiger partial charge in [0.05, 0.1) is 0 Å². The maximum absolute atomic E-state index is 13.8. The first-order valence-corrected chi connectivity index (χ1v) is 13.8. The van der Waals surface area contributed by atoms with Crippen LogP contribution in [-0.2, 0) is 17.8 Å². The van der Waals surface area contributed by atoms with Crippen LogP contribution in [0.1, 0.15) is 61.6 Å². The molecule has 3 aliphatic heterocycles. The highest BCUT2D eigenvalue weighted by Gasteiger charge is 2.54. The van der Waals surface area contributed by atoms with E-state index in [0.29, 0.717) is 30.6 Å². The van der Waals surface area contributed by atoms with Crippen molar-refractivity contribution in [3.05, 3.63) is 94.3 Å². The molecule has 4 unspecified atom stereocenters. The molecule has 0 spiro atoms. The van der Waals surface area contributed by atoms with Crippen LogP contribution in [0.5, 0.6) is 0 Å². The summed E-state index contributed by atoms with van der Waals surface area (Å²) in [6.45, 7) is 10.1. The predicted octanol–water partition coefficient (Wildman–Crippen LogP) is 5.99. The van der Waals surface area contributed by atoms with Gasteiger partial charge in [-0.3, -0.25) is 10.2 Å². The molecule has 3 aliphatic rings. The van der Waals surface area contributed by atoms with Crippen molar-refractivity contribution < 1.29 is 14.2 Å². The Morgan fingerprint density at radius 3 is 2.74 bits per heavy atom. The molecule has 8 nitrogen and oxygen atoms in total. The number of likely N-dealkylation sites (tertiary alicyclic amines) is 1. The van der Waals surface area contributed by atoms with Crippen molar-refractivity contribution in [2.45, 2.75) is 58.5 Å². The van der Waals surface area contributed by atoms with E-state index in [4.69, 9.17) is 4.74 Å². The van der Waals surface area contributed by atoms with E-state index < -0.39 is 6.23 Å². The minimum Gasteiger partial charge on any atom is -0.630 e. The number of ether oxygens (including phenoxy) is 1. The number of hydroxylamine groups is 3. The fourth-order valence-electron chi connectivity index (χ4n) is 6.47. The molecular weight excluding hydrogens is 490 g/mol. The van der Waals surface area contributed by atoms with Crippen molar-refractivity contribution in [2.24, 2.45) is 5.41 Å². The van der Waals surface area contributed by atoms with Crippen LogP contribution in [-0.4, -0.2) is 46.3 Å². The molecule has 204 valence electrons. The van der Waals surface area contributed by atoms with Crippen LogP contribution in [0, 0.1) is 10.6 Å². The van der Waals surface area contributed by atoms with E-state index in [1.54, 1.807) is 6.20 Å². The van der Waals surface area contributed by atoms with E-state index >= 15 is 0 Å². The molecule has 2 fully saturated rings. The lowest BCUT2D eigenvalue weighted by molar-refractivity contribution is -0.943. The first kappa shape index (κ1) is 26.0. The Morgan fingerprint density at radius 1 is 1.13 bits per heavy atom. The van der Waals surface area contributed by atoms with Crippen LogP contribution in [0.3, 0.4) is 0 Å². The van der Waals surface area contributed by atoms with Crippen molar-refractivity contribution in [3.8, 4) is 0 Å². The molecular formula is C31H37N5O3. The van der Waals surface area contributed by atoms with Gasteiger partial charge in [-0.2, -0.15) is 0 Å². The number of carbonyl (C=O) groups excluding carboxylic acids is 1. The Hall–Kier alpha value is -3.30. The second-order valence-corrected chi connectivity index (χ2v) is 12.3. The number of carbonyl (C=O) groups is 1. The zero-order chi connectivity index (χ0) is 27.2. The monoisotopic (exact) mass is 527 g/mol. The number of amides is 2. The first-order chi connectivity index (χ1) is 18.7. The molecule has 39 heavy (non-hydrogen) atoms. The molecule has 6 rings (SSSR count). The number of quaternary nitrogens is 1. The third-order valence-electron chi connectivity index (χ3n) is 8.44. The highest BCUT2D eigenvalue weighted by atomic mass is 16.7. The van der Waals surface area contributed by atoms with E-state index in [-0.39, 0.29) is 22.1 Å². The van der Waals surface area contributed by atoms with Gasteiger partial charge in [-0.1, -0.05) is 57.2 Å². The van der Waals surface area contributed by atoms with Gasteiger partial charge in [-0.05, 0) is 54.3 Å². The van der Waals surface area contributed by atoms with E-state index in [1.165, 1.54) is 11.1 Å².